The molecule has 160 valence electrons. The Morgan fingerprint density at radius 1 is 1.06 bits per heavy atom. The first-order chi connectivity index (χ1) is 15.2. The van der Waals surface area contributed by atoms with Crippen molar-refractivity contribution in [3.63, 3.8) is 0 Å². The van der Waals surface area contributed by atoms with Gasteiger partial charge in [0, 0.05) is 30.2 Å². The molecule has 1 amide bonds. The number of para-hydroxylation sites is 1. The maximum Gasteiger partial charge on any atom is 0.239 e. The van der Waals surface area contributed by atoms with Crippen molar-refractivity contribution in [2.75, 3.05) is 19.6 Å². The van der Waals surface area contributed by atoms with Gasteiger partial charge >= 0.3 is 0 Å². The molecule has 2 aromatic carbocycles. The summed E-state index contributed by atoms with van der Waals surface area (Å²) in [4.78, 5) is 12.6. The monoisotopic (exact) mass is 414 g/mol. The third-order valence-corrected chi connectivity index (χ3v) is 6.19. The van der Waals surface area contributed by atoms with Gasteiger partial charge in [-0.05, 0) is 49.1 Å². The van der Waals surface area contributed by atoms with Crippen LogP contribution in [-0.4, -0.2) is 30.1 Å². The molecule has 2 N–H and O–H groups in total. The third kappa shape index (κ3) is 5.34. The highest BCUT2D eigenvalue weighted by molar-refractivity contribution is 5.95. The minimum Gasteiger partial charge on any atom is -0.353 e. The molecule has 0 atom stereocenters. The molecule has 4 rings (SSSR count). The molecule has 0 spiro atoms. The molecular weight excluding hydrogens is 384 g/mol. The van der Waals surface area contributed by atoms with Gasteiger partial charge in [-0.25, -0.2) is 0 Å². The summed E-state index contributed by atoms with van der Waals surface area (Å²) in [6.07, 6.45) is 8.72. The second kappa shape index (κ2) is 10.3. The zero-order valence-corrected chi connectivity index (χ0v) is 17.9. The number of benzene rings is 2. The summed E-state index contributed by atoms with van der Waals surface area (Å²) in [5, 5.41) is 16.9. The number of nitriles is 1. The second-order valence-electron chi connectivity index (χ2n) is 8.44. The molecule has 0 bridgehead atoms. The fraction of sp³-hybridized carbons (Fsp3) is 0.385. The van der Waals surface area contributed by atoms with Crippen molar-refractivity contribution in [3.8, 4) is 17.2 Å². The Morgan fingerprint density at radius 2 is 1.90 bits per heavy atom. The molecule has 1 heterocycles. The quantitative estimate of drug-likeness (QED) is 0.535. The van der Waals surface area contributed by atoms with Gasteiger partial charge in [0.1, 0.15) is 6.54 Å². The van der Waals surface area contributed by atoms with Crippen molar-refractivity contribution in [3.05, 3.63) is 60.3 Å². The SMILES string of the molecule is N#Cc1cccc(-c2cccc3ccn(CC(=O)NCCNCC4CCCCC4)c23)c1. The van der Waals surface area contributed by atoms with E-state index >= 15 is 0 Å². The summed E-state index contributed by atoms with van der Waals surface area (Å²) < 4.78 is 1.99. The number of hydrogen-bond donors (Lipinski definition) is 2. The van der Waals surface area contributed by atoms with Crippen LogP contribution < -0.4 is 10.6 Å². The molecule has 5 heteroatoms. The van der Waals surface area contributed by atoms with E-state index in [4.69, 9.17) is 0 Å². The van der Waals surface area contributed by atoms with Crippen molar-refractivity contribution in [1.29, 1.82) is 5.26 Å². The standard InChI is InChI=1S/C26H30N4O/c27-17-21-8-4-10-23(16-21)24-11-5-9-22-12-15-30(26(22)24)19-25(31)29-14-13-28-18-20-6-2-1-3-7-20/h4-5,8-12,15-16,20,28H,1-3,6-7,13-14,18-19H2,(H,29,31). The zero-order chi connectivity index (χ0) is 21.5. The lowest BCUT2D eigenvalue weighted by atomic mass is 9.89. The first-order valence-electron chi connectivity index (χ1n) is 11.3. The van der Waals surface area contributed by atoms with Gasteiger partial charge in [-0.1, -0.05) is 49.6 Å². The van der Waals surface area contributed by atoms with E-state index in [1.54, 1.807) is 6.07 Å². The Kier molecular flexibility index (Phi) is 7.01. The number of amides is 1. The normalized spacial score (nSPS) is 14.4. The first kappa shape index (κ1) is 21.1. The van der Waals surface area contributed by atoms with Crippen molar-refractivity contribution in [1.82, 2.24) is 15.2 Å². The number of nitrogens with one attached hydrogen (secondary N) is 2. The summed E-state index contributed by atoms with van der Waals surface area (Å²) in [6, 6.07) is 17.9. The molecule has 0 radical (unpaired) electrons. The van der Waals surface area contributed by atoms with E-state index in [1.807, 2.05) is 47.2 Å². The highest BCUT2D eigenvalue weighted by Gasteiger charge is 2.13. The predicted molar refractivity (Wildman–Crippen MR) is 125 cm³/mol. The Labute approximate surface area is 184 Å². The van der Waals surface area contributed by atoms with Crippen LogP contribution in [0.3, 0.4) is 0 Å². The first-order valence-corrected chi connectivity index (χ1v) is 11.3. The van der Waals surface area contributed by atoms with Crippen LogP contribution in [0, 0.1) is 17.2 Å². The largest absolute Gasteiger partial charge is 0.353 e. The van der Waals surface area contributed by atoms with Crippen LogP contribution >= 0.6 is 0 Å². The number of nitrogens with zero attached hydrogens (tertiary/aromatic N) is 2. The fourth-order valence-electron chi connectivity index (χ4n) is 4.58. The maximum absolute atomic E-state index is 12.6. The van der Waals surface area contributed by atoms with Crippen molar-refractivity contribution >= 4 is 16.8 Å². The van der Waals surface area contributed by atoms with Gasteiger partial charge in [0.15, 0.2) is 0 Å². The molecule has 0 unspecified atom stereocenters. The maximum atomic E-state index is 12.6. The zero-order valence-electron chi connectivity index (χ0n) is 17.9. The summed E-state index contributed by atoms with van der Waals surface area (Å²) in [7, 11) is 0. The van der Waals surface area contributed by atoms with E-state index in [0.29, 0.717) is 12.1 Å². The molecular formula is C26H30N4O. The molecule has 1 fully saturated rings. The number of carbonyl (C=O) groups excluding carboxylic acids is 1. The molecule has 1 saturated carbocycles. The van der Waals surface area contributed by atoms with Crippen LogP contribution in [0.1, 0.15) is 37.7 Å². The van der Waals surface area contributed by atoms with Crippen LogP contribution in [0.15, 0.2) is 54.7 Å². The van der Waals surface area contributed by atoms with Crippen LogP contribution in [0.4, 0.5) is 0 Å². The van der Waals surface area contributed by atoms with E-state index in [0.717, 1.165) is 41.0 Å². The lowest BCUT2D eigenvalue weighted by molar-refractivity contribution is -0.121. The smallest absolute Gasteiger partial charge is 0.239 e. The van der Waals surface area contributed by atoms with Crippen LogP contribution in [0.25, 0.3) is 22.0 Å². The van der Waals surface area contributed by atoms with Gasteiger partial charge in [-0.15, -0.1) is 0 Å². The highest BCUT2D eigenvalue weighted by atomic mass is 16.1. The Hall–Kier alpha value is -3.10. The summed E-state index contributed by atoms with van der Waals surface area (Å²) >= 11 is 0. The molecule has 1 aromatic heterocycles. The van der Waals surface area contributed by atoms with Crippen LogP contribution in [0.5, 0.6) is 0 Å². The highest BCUT2D eigenvalue weighted by Crippen LogP contribution is 2.30. The number of rotatable bonds is 8. The minimum absolute atomic E-state index is 0.0116. The van der Waals surface area contributed by atoms with Crippen molar-refractivity contribution in [2.24, 2.45) is 5.92 Å². The lowest BCUT2D eigenvalue weighted by Gasteiger charge is -2.21. The van der Waals surface area contributed by atoms with Gasteiger partial charge < -0.3 is 15.2 Å². The van der Waals surface area contributed by atoms with Gasteiger partial charge in [0.2, 0.25) is 5.91 Å². The molecule has 3 aromatic rings. The summed E-state index contributed by atoms with van der Waals surface area (Å²) in [5.74, 6) is 0.811. The lowest BCUT2D eigenvalue weighted by Crippen LogP contribution is -2.35. The van der Waals surface area contributed by atoms with E-state index in [-0.39, 0.29) is 12.5 Å². The number of aromatic nitrogens is 1. The molecule has 0 aliphatic heterocycles. The predicted octanol–water partition coefficient (Wildman–Crippen LogP) is 4.47. The Bertz CT molecular complexity index is 1070. The van der Waals surface area contributed by atoms with Gasteiger partial charge in [0.25, 0.3) is 0 Å². The Balaban J connectivity index is 1.37. The summed E-state index contributed by atoms with van der Waals surface area (Å²) in [5.41, 5.74) is 3.66. The molecule has 0 saturated heterocycles. The number of fused-ring (bicyclic) bond motifs is 1. The van der Waals surface area contributed by atoms with Crippen LogP contribution in [-0.2, 0) is 11.3 Å². The van der Waals surface area contributed by atoms with E-state index in [1.165, 1.54) is 32.1 Å². The van der Waals surface area contributed by atoms with Gasteiger partial charge in [-0.2, -0.15) is 5.26 Å². The molecule has 1 aliphatic carbocycles. The molecule has 1 aliphatic rings. The molecule has 5 nitrogen and oxygen atoms in total. The van der Waals surface area contributed by atoms with Crippen molar-refractivity contribution in [2.45, 2.75) is 38.6 Å². The third-order valence-electron chi connectivity index (χ3n) is 6.19. The summed E-state index contributed by atoms with van der Waals surface area (Å²) in [6.45, 7) is 2.78. The van der Waals surface area contributed by atoms with E-state index in [9.17, 15) is 10.1 Å². The van der Waals surface area contributed by atoms with Crippen molar-refractivity contribution < 1.29 is 4.79 Å². The van der Waals surface area contributed by atoms with E-state index < -0.39 is 0 Å². The molecule has 31 heavy (non-hydrogen) atoms. The van der Waals surface area contributed by atoms with Crippen LogP contribution in [0.2, 0.25) is 0 Å². The second-order valence-corrected chi connectivity index (χ2v) is 8.44. The average Bonchev–Trinajstić information content (AvgIpc) is 3.22. The number of carbonyl (C=O) groups is 1. The van der Waals surface area contributed by atoms with E-state index in [2.05, 4.69) is 22.8 Å². The Morgan fingerprint density at radius 3 is 2.74 bits per heavy atom. The minimum atomic E-state index is 0.0116. The average molecular weight is 415 g/mol. The topological polar surface area (TPSA) is 69.8 Å². The van der Waals surface area contributed by atoms with Gasteiger partial charge in [0.05, 0.1) is 17.1 Å². The number of hydrogen-bond acceptors (Lipinski definition) is 3. The van der Waals surface area contributed by atoms with Gasteiger partial charge in [-0.3, -0.25) is 4.79 Å². The fourth-order valence-corrected chi connectivity index (χ4v) is 4.58.